The van der Waals surface area contributed by atoms with Crippen LogP contribution in [0.1, 0.15) is 23.7 Å². The summed E-state index contributed by atoms with van der Waals surface area (Å²) in [6.45, 7) is 6.32. The molecule has 1 aliphatic heterocycles. The van der Waals surface area contributed by atoms with Gasteiger partial charge in [-0.25, -0.2) is 4.79 Å². The van der Waals surface area contributed by atoms with Crippen molar-refractivity contribution in [1.29, 1.82) is 0 Å². The first-order valence-corrected chi connectivity index (χ1v) is 6.92. The smallest absolute Gasteiger partial charge is 0.340 e. The van der Waals surface area contributed by atoms with E-state index >= 15 is 0 Å². The zero-order chi connectivity index (χ0) is 13.7. The summed E-state index contributed by atoms with van der Waals surface area (Å²) in [5.41, 5.74) is 1.67. The van der Waals surface area contributed by atoms with Gasteiger partial charge in [-0.2, -0.15) is 0 Å². The van der Waals surface area contributed by atoms with Crippen LogP contribution in [0.2, 0.25) is 0 Å². The molecular weight excluding hydrogens is 240 g/mol. The Balaban J connectivity index is 2.21. The van der Waals surface area contributed by atoms with Crippen LogP contribution in [0.3, 0.4) is 0 Å². The molecule has 0 aliphatic carbocycles. The molecule has 0 amide bonds. The maximum atomic E-state index is 12.0. The van der Waals surface area contributed by atoms with Crippen molar-refractivity contribution in [3.05, 3.63) is 29.8 Å². The van der Waals surface area contributed by atoms with Gasteiger partial charge in [0.2, 0.25) is 0 Å². The predicted molar refractivity (Wildman–Crippen MR) is 76.7 cm³/mol. The van der Waals surface area contributed by atoms with Crippen molar-refractivity contribution >= 4 is 11.7 Å². The number of carbonyl (C=O) groups is 1. The molecule has 2 rings (SSSR count). The lowest BCUT2D eigenvalue weighted by Gasteiger charge is -2.24. The number of rotatable bonds is 3. The van der Waals surface area contributed by atoms with Crippen molar-refractivity contribution < 1.29 is 9.53 Å². The van der Waals surface area contributed by atoms with E-state index in [4.69, 9.17) is 4.74 Å². The molecule has 0 bridgehead atoms. The number of likely N-dealkylation sites (N-methyl/N-ethyl adjacent to an activating group) is 1. The second-order valence-corrected chi connectivity index (χ2v) is 4.88. The normalized spacial score (nSPS) is 17.1. The third kappa shape index (κ3) is 3.47. The molecule has 1 aromatic rings. The Labute approximate surface area is 115 Å². The Morgan fingerprint density at radius 2 is 2.00 bits per heavy atom. The number of hydrogen-bond acceptors (Lipinski definition) is 4. The molecule has 0 saturated carbocycles. The van der Waals surface area contributed by atoms with Crippen LogP contribution in [0.15, 0.2) is 24.3 Å². The molecule has 0 spiro atoms. The first-order chi connectivity index (χ1) is 9.22. The van der Waals surface area contributed by atoms with Gasteiger partial charge >= 0.3 is 5.97 Å². The molecule has 4 heteroatoms. The maximum Gasteiger partial charge on any atom is 0.340 e. The highest BCUT2D eigenvalue weighted by Crippen LogP contribution is 2.22. The van der Waals surface area contributed by atoms with E-state index in [1.54, 1.807) is 0 Å². The fraction of sp³-hybridized carbons (Fsp3) is 0.533. The van der Waals surface area contributed by atoms with Gasteiger partial charge < -0.3 is 14.5 Å². The van der Waals surface area contributed by atoms with E-state index in [-0.39, 0.29) is 5.97 Å². The molecule has 0 aromatic heterocycles. The number of para-hydroxylation sites is 1. The number of ether oxygens (including phenoxy) is 1. The molecule has 0 unspecified atom stereocenters. The zero-order valence-corrected chi connectivity index (χ0v) is 11.8. The quantitative estimate of drug-likeness (QED) is 0.780. The molecular formula is C15H22N2O2. The summed E-state index contributed by atoms with van der Waals surface area (Å²) < 4.78 is 5.14. The summed E-state index contributed by atoms with van der Waals surface area (Å²) in [6.07, 6.45) is 1.12. The van der Waals surface area contributed by atoms with Gasteiger partial charge in [-0.3, -0.25) is 0 Å². The van der Waals surface area contributed by atoms with Crippen molar-refractivity contribution in [3.8, 4) is 0 Å². The van der Waals surface area contributed by atoms with E-state index in [9.17, 15) is 4.79 Å². The lowest BCUT2D eigenvalue weighted by atomic mass is 10.1. The average molecular weight is 262 g/mol. The molecule has 1 heterocycles. The van der Waals surface area contributed by atoms with Crippen LogP contribution < -0.4 is 4.90 Å². The van der Waals surface area contributed by atoms with Gasteiger partial charge in [-0.05, 0) is 39.1 Å². The molecule has 0 atom stereocenters. The molecule has 0 N–H and O–H groups in total. The Morgan fingerprint density at radius 3 is 2.79 bits per heavy atom. The van der Waals surface area contributed by atoms with Gasteiger partial charge in [0, 0.05) is 19.6 Å². The van der Waals surface area contributed by atoms with Gasteiger partial charge in [-0.15, -0.1) is 0 Å². The molecule has 1 fully saturated rings. The Bertz CT molecular complexity index is 434. The Kier molecular flexibility index (Phi) is 4.80. The highest BCUT2D eigenvalue weighted by Gasteiger charge is 2.19. The minimum absolute atomic E-state index is 0.226. The predicted octanol–water partition coefficient (Wildman–Crippen LogP) is 2.01. The Morgan fingerprint density at radius 1 is 1.21 bits per heavy atom. The standard InChI is InChI=1S/C15H22N2O2/c1-3-19-15(18)13-7-4-5-8-14(13)17-10-6-9-16(2)11-12-17/h4-5,7-8H,3,6,9-12H2,1-2H3. The van der Waals surface area contributed by atoms with Crippen molar-refractivity contribution in [3.63, 3.8) is 0 Å². The molecule has 1 aromatic carbocycles. The molecule has 1 saturated heterocycles. The SMILES string of the molecule is CCOC(=O)c1ccccc1N1CCCN(C)CC1. The third-order valence-corrected chi connectivity index (χ3v) is 3.46. The van der Waals surface area contributed by atoms with Crippen molar-refractivity contribution in [2.75, 3.05) is 44.7 Å². The van der Waals surface area contributed by atoms with E-state index in [0.29, 0.717) is 12.2 Å². The Hall–Kier alpha value is -1.55. The molecule has 4 nitrogen and oxygen atoms in total. The van der Waals surface area contributed by atoms with Crippen LogP contribution in [-0.2, 0) is 4.74 Å². The van der Waals surface area contributed by atoms with Gasteiger partial charge in [0.1, 0.15) is 0 Å². The van der Waals surface area contributed by atoms with E-state index in [2.05, 4.69) is 16.8 Å². The molecule has 104 valence electrons. The highest BCUT2D eigenvalue weighted by atomic mass is 16.5. The van der Waals surface area contributed by atoms with E-state index in [1.807, 2.05) is 31.2 Å². The van der Waals surface area contributed by atoms with Gasteiger partial charge in [-0.1, -0.05) is 12.1 Å². The first kappa shape index (κ1) is 13.9. The molecule has 1 aliphatic rings. The van der Waals surface area contributed by atoms with Crippen molar-refractivity contribution in [2.45, 2.75) is 13.3 Å². The second-order valence-electron chi connectivity index (χ2n) is 4.88. The number of benzene rings is 1. The largest absolute Gasteiger partial charge is 0.462 e. The summed E-state index contributed by atoms with van der Waals surface area (Å²) >= 11 is 0. The fourth-order valence-electron chi connectivity index (χ4n) is 2.42. The van der Waals surface area contributed by atoms with Crippen LogP contribution in [0.25, 0.3) is 0 Å². The summed E-state index contributed by atoms with van der Waals surface area (Å²) in [7, 11) is 2.14. The molecule has 19 heavy (non-hydrogen) atoms. The summed E-state index contributed by atoms with van der Waals surface area (Å²) in [4.78, 5) is 16.6. The minimum atomic E-state index is -0.226. The van der Waals surface area contributed by atoms with Crippen LogP contribution in [0.4, 0.5) is 5.69 Å². The summed E-state index contributed by atoms with van der Waals surface area (Å²) in [5, 5.41) is 0. The topological polar surface area (TPSA) is 32.8 Å². The van der Waals surface area contributed by atoms with E-state index in [0.717, 1.165) is 38.3 Å². The van der Waals surface area contributed by atoms with E-state index < -0.39 is 0 Å². The number of nitrogens with zero attached hydrogens (tertiary/aromatic N) is 2. The average Bonchev–Trinajstić information content (AvgIpc) is 2.64. The van der Waals surface area contributed by atoms with Crippen LogP contribution in [0.5, 0.6) is 0 Å². The fourth-order valence-corrected chi connectivity index (χ4v) is 2.42. The molecule has 0 radical (unpaired) electrons. The van der Waals surface area contributed by atoms with Gasteiger partial charge in [0.25, 0.3) is 0 Å². The number of esters is 1. The number of carbonyl (C=O) groups excluding carboxylic acids is 1. The summed E-state index contributed by atoms with van der Waals surface area (Å²) in [6, 6.07) is 7.73. The zero-order valence-electron chi connectivity index (χ0n) is 11.8. The number of anilines is 1. The third-order valence-electron chi connectivity index (χ3n) is 3.46. The van der Waals surface area contributed by atoms with Crippen LogP contribution in [-0.4, -0.2) is 50.7 Å². The van der Waals surface area contributed by atoms with Gasteiger partial charge in [0.05, 0.1) is 17.9 Å². The lowest BCUT2D eigenvalue weighted by molar-refractivity contribution is 0.0527. The number of hydrogen-bond donors (Lipinski definition) is 0. The van der Waals surface area contributed by atoms with Gasteiger partial charge in [0.15, 0.2) is 0 Å². The maximum absolute atomic E-state index is 12.0. The first-order valence-electron chi connectivity index (χ1n) is 6.92. The van der Waals surface area contributed by atoms with E-state index in [1.165, 1.54) is 0 Å². The second kappa shape index (κ2) is 6.57. The highest BCUT2D eigenvalue weighted by molar-refractivity contribution is 5.95. The minimum Gasteiger partial charge on any atom is -0.462 e. The monoisotopic (exact) mass is 262 g/mol. The van der Waals surface area contributed by atoms with Crippen molar-refractivity contribution in [2.24, 2.45) is 0 Å². The summed E-state index contributed by atoms with van der Waals surface area (Å²) in [5.74, 6) is -0.226. The lowest BCUT2D eigenvalue weighted by Crippen LogP contribution is -2.30. The van der Waals surface area contributed by atoms with Crippen LogP contribution >= 0.6 is 0 Å². The van der Waals surface area contributed by atoms with Crippen molar-refractivity contribution in [1.82, 2.24) is 4.90 Å². The van der Waals surface area contributed by atoms with Crippen LogP contribution in [0, 0.1) is 0 Å².